The van der Waals surface area contributed by atoms with Gasteiger partial charge in [0, 0.05) is 23.9 Å². The second kappa shape index (κ2) is 11.1. The van der Waals surface area contributed by atoms with E-state index in [4.69, 9.17) is 42.2 Å². The molecule has 1 atom stereocenters. The summed E-state index contributed by atoms with van der Waals surface area (Å²) in [4.78, 5) is 16.9. The maximum absolute atomic E-state index is 13.1. The molecule has 11 nitrogen and oxygen atoms in total. The number of rotatable bonds is 7. The number of hydrogen-bond acceptors (Lipinski definition) is 9. The van der Waals surface area contributed by atoms with Crippen LogP contribution in [0.4, 0.5) is 11.5 Å². The van der Waals surface area contributed by atoms with Gasteiger partial charge in [0.15, 0.2) is 23.2 Å². The highest BCUT2D eigenvalue weighted by molar-refractivity contribution is 7.87. The SMILES string of the molecule is COc1cc(C2c3c(C)nn(-c4ccc(C)cc4)c3N=C3C(Cl)=CC(Cl)=CN32)ccc1OS(=O)(=O)c1cccc([N+](=O)[O-])c1. The normalized spacial score (nSPS) is 15.9. The van der Waals surface area contributed by atoms with Gasteiger partial charge in [-0.25, -0.2) is 9.67 Å². The molecule has 0 fully saturated rings. The highest BCUT2D eigenvalue weighted by Gasteiger charge is 2.38. The zero-order valence-corrected chi connectivity index (χ0v) is 25.8. The van der Waals surface area contributed by atoms with Crippen LogP contribution in [0.25, 0.3) is 5.69 Å². The molecule has 6 rings (SSSR count). The van der Waals surface area contributed by atoms with Gasteiger partial charge in [-0.3, -0.25) is 10.1 Å². The average Bonchev–Trinajstić information content (AvgIpc) is 3.32. The predicted octanol–water partition coefficient (Wildman–Crippen LogP) is 6.83. The maximum atomic E-state index is 13.1. The van der Waals surface area contributed by atoms with Crippen LogP contribution in [0.2, 0.25) is 0 Å². The van der Waals surface area contributed by atoms with Crippen molar-refractivity contribution in [1.82, 2.24) is 14.7 Å². The predicted molar refractivity (Wildman–Crippen MR) is 166 cm³/mol. The Bertz CT molecular complexity index is 2040. The second-order valence-electron chi connectivity index (χ2n) is 10.0. The lowest BCUT2D eigenvalue weighted by Gasteiger charge is -2.37. The molecule has 14 heteroatoms. The molecule has 4 aromatic rings. The van der Waals surface area contributed by atoms with E-state index in [0.717, 1.165) is 22.9 Å². The van der Waals surface area contributed by atoms with Gasteiger partial charge in [0.2, 0.25) is 0 Å². The van der Waals surface area contributed by atoms with Crippen molar-refractivity contribution >= 4 is 50.7 Å². The number of halogens is 2. The van der Waals surface area contributed by atoms with Crippen LogP contribution in [0.3, 0.4) is 0 Å². The van der Waals surface area contributed by atoms with E-state index in [1.54, 1.807) is 29.1 Å². The van der Waals surface area contributed by atoms with Crippen molar-refractivity contribution in [3.05, 3.63) is 122 Å². The lowest BCUT2D eigenvalue weighted by Crippen LogP contribution is -2.35. The van der Waals surface area contributed by atoms with Crippen LogP contribution in [0.15, 0.2) is 99.0 Å². The monoisotopic (exact) mass is 651 g/mol. The van der Waals surface area contributed by atoms with Crippen molar-refractivity contribution < 1.29 is 22.3 Å². The number of aliphatic imine (C=N–C) groups is 1. The maximum Gasteiger partial charge on any atom is 0.339 e. The van der Waals surface area contributed by atoms with Crippen LogP contribution in [-0.2, 0) is 10.1 Å². The van der Waals surface area contributed by atoms with E-state index in [9.17, 15) is 18.5 Å². The molecule has 0 amide bonds. The van der Waals surface area contributed by atoms with Gasteiger partial charge in [-0.05, 0) is 55.8 Å². The second-order valence-corrected chi connectivity index (χ2v) is 12.4. The standard InChI is InChI=1S/C30H23Cl2N5O6S/c1-17-7-10-21(11-8-17)36-30-27(18(2)34-36)28(35-16-20(31)14-24(32)29(35)33-30)19-9-12-25(26(13-19)42-3)43-44(40,41)23-6-4-5-22(15-23)37(38)39/h4-16,28H,1-3H3. The molecule has 0 saturated carbocycles. The highest BCUT2D eigenvalue weighted by Crippen LogP contribution is 2.47. The number of nitro groups is 1. The minimum atomic E-state index is -4.44. The fraction of sp³-hybridized carbons (Fsp3) is 0.133. The number of ether oxygens (including phenoxy) is 1. The lowest BCUT2D eigenvalue weighted by atomic mass is 9.94. The fourth-order valence-electron chi connectivity index (χ4n) is 5.08. The fourth-order valence-corrected chi connectivity index (χ4v) is 6.59. The molecule has 0 spiro atoms. The molecule has 1 unspecified atom stereocenters. The summed E-state index contributed by atoms with van der Waals surface area (Å²) in [6, 6.07) is 16.7. The summed E-state index contributed by atoms with van der Waals surface area (Å²) in [6.45, 7) is 3.88. The van der Waals surface area contributed by atoms with Crippen LogP contribution < -0.4 is 8.92 Å². The number of aryl methyl sites for hydroxylation is 2. The van der Waals surface area contributed by atoms with Gasteiger partial charge in [-0.1, -0.05) is 53.0 Å². The van der Waals surface area contributed by atoms with Gasteiger partial charge in [0.25, 0.3) is 5.69 Å². The summed E-state index contributed by atoms with van der Waals surface area (Å²) in [5, 5.41) is 16.7. The number of hydrogen-bond donors (Lipinski definition) is 0. The molecular weight excluding hydrogens is 629 g/mol. The highest BCUT2D eigenvalue weighted by atomic mass is 35.5. The Labute approximate surface area is 262 Å². The molecular formula is C30H23Cl2N5O6S. The zero-order valence-electron chi connectivity index (χ0n) is 23.4. The van der Waals surface area contributed by atoms with Crippen LogP contribution in [0.1, 0.15) is 28.4 Å². The number of fused-ring (bicyclic) bond motifs is 2. The third-order valence-electron chi connectivity index (χ3n) is 7.13. The van der Waals surface area contributed by atoms with Crippen molar-refractivity contribution in [3.63, 3.8) is 0 Å². The molecule has 3 aromatic carbocycles. The minimum Gasteiger partial charge on any atom is -0.493 e. The van der Waals surface area contributed by atoms with Gasteiger partial charge >= 0.3 is 10.1 Å². The molecule has 2 aliphatic rings. The number of aromatic nitrogens is 2. The first-order valence-electron chi connectivity index (χ1n) is 13.1. The van der Waals surface area contributed by atoms with E-state index in [-0.39, 0.29) is 22.1 Å². The van der Waals surface area contributed by atoms with Gasteiger partial charge < -0.3 is 13.8 Å². The Kier molecular flexibility index (Phi) is 7.44. The van der Waals surface area contributed by atoms with E-state index in [2.05, 4.69) is 0 Å². The molecule has 0 saturated heterocycles. The average molecular weight is 653 g/mol. The quantitative estimate of drug-likeness (QED) is 0.121. The first-order valence-corrected chi connectivity index (χ1v) is 15.3. The molecule has 2 aliphatic heterocycles. The lowest BCUT2D eigenvalue weighted by molar-refractivity contribution is -0.385. The summed E-state index contributed by atoms with van der Waals surface area (Å²) < 4.78 is 38.9. The van der Waals surface area contributed by atoms with Crippen molar-refractivity contribution in [3.8, 4) is 17.2 Å². The van der Waals surface area contributed by atoms with Crippen LogP contribution >= 0.6 is 23.2 Å². The van der Waals surface area contributed by atoms with Gasteiger partial charge in [0.05, 0.1) is 39.5 Å². The summed E-state index contributed by atoms with van der Waals surface area (Å²) in [5.74, 6) is 1.03. The van der Waals surface area contributed by atoms with Crippen molar-refractivity contribution in [1.29, 1.82) is 0 Å². The third kappa shape index (κ3) is 5.21. The summed E-state index contributed by atoms with van der Waals surface area (Å²) in [5.41, 5.74) is 3.69. The van der Waals surface area contributed by atoms with Crippen molar-refractivity contribution in [2.24, 2.45) is 4.99 Å². The Morgan fingerprint density at radius 3 is 2.45 bits per heavy atom. The zero-order chi connectivity index (χ0) is 31.3. The van der Waals surface area contributed by atoms with Gasteiger partial charge in [-0.2, -0.15) is 13.5 Å². The van der Waals surface area contributed by atoms with Crippen LogP contribution in [0, 0.1) is 24.0 Å². The molecule has 0 bridgehead atoms. The molecule has 44 heavy (non-hydrogen) atoms. The molecule has 224 valence electrons. The first-order chi connectivity index (χ1) is 21.0. The van der Waals surface area contributed by atoms with E-state index in [1.165, 1.54) is 31.4 Å². The molecule has 0 N–H and O–H groups in total. The summed E-state index contributed by atoms with van der Waals surface area (Å²) in [6.07, 6.45) is 3.32. The van der Waals surface area contributed by atoms with E-state index < -0.39 is 21.1 Å². The van der Waals surface area contributed by atoms with Gasteiger partial charge in [0.1, 0.15) is 4.90 Å². The minimum absolute atomic E-state index is 0.107. The smallest absolute Gasteiger partial charge is 0.339 e. The van der Waals surface area contributed by atoms with Crippen molar-refractivity contribution in [2.45, 2.75) is 24.8 Å². The number of benzene rings is 3. The molecule has 0 radical (unpaired) electrons. The number of nitro benzene ring substituents is 1. The van der Waals surface area contributed by atoms with Gasteiger partial charge in [-0.15, -0.1) is 0 Å². The van der Waals surface area contributed by atoms with Crippen LogP contribution in [0.5, 0.6) is 11.5 Å². The Balaban J connectivity index is 1.46. The Morgan fingerprint density at radius 1 is 1.00 bits per heavy atom. The Morgan fingerprint density at radius 2 is 1.75 bits per heavy atom. The number of non-ortho nitro benzene ring substituents is 1. The van der Waals surface area contributed by atoms with Crippen LogP contribution in [-0.4, -0.2) is 41.0 Å². The van der Waals surface area contributed by atoms with E-state index in [1.807, 2.05) is 43.0 Å². The van der Waals surface area contributed by atoms with Crippen molar-refractivity contribution in [2.75, 3.05) is 7.11 Å². The topological polar surface area (TPSA) is 129 Å². The Hall–Kier alpha value is -4.65. The summed E-state index contributed by atoms with van der Waals surface area (Å²) >= 11 is 13.1. The number of allylic oxidation sites excluding steroid dienone is 2. The van der Waals surface area contributed by atoms with E-state index >= 15 is 0 Å². The largest absolute Gasteiger partial charge is 0.493 e. The first kappa shape index (κ1) is 29.4. The third-order valence-corrected chi connectivity index (χ3v) is 8.84. The number of nitrogens with zero attached hydrogens (tertiary/aromatic N) is 5. The number of amidine groups is 1. The molecule has 1 aromatic heterocycles. The molecule has 0 aliphatic carbocycles. The van der Waals surface area contributed by atoms with E-state index in [0.29, 0.717) is 33.0 Å². The summed E-state index contributed by atoms with van der Waals surface area (Å²) in [7, 11) is -3.06. The molecule has 3 heterocycles. The number of methoxy groups -OCH3 is 1.